The van der Waals surface area contributed by atoms with Gasteiger partial charge in [0.15, 0.2) is 6.61 Å². The van der Waals surface area contributed by atoms with Gasteiger partial charge in [-0.1, -0.05) is 11.6 Å². The lowest BCUT2D eigenvalue weighted by atomic mass is 10.2. The summed E-state index contributed by atoms with van der Waals surface area (Å²) in [5.41, 5.74) is 0.539. The highest BCUT2D eigenvalue weighted by Crippen LogP contribution is 2.31. The summed E-state index contributed by atoms with van der Waals surface area (Å²) in [6, 6.07) is 8.00. The Morgan fingerprint density at radius 3 is 2.53 bits per heavy atom. The van der Waals surface area contributed by atoms with Crippen LogP contribution in [0.25, 0.3) is 0 Å². The second-order valence-corrected chi connectivity index (χ2v) is 9.17. The van der Waals surface area contributed by atoms with Gasteiger partial charge in [0, 0.05) is 31.7 Å². The van der Waals surface area contributed by atoms with Crippen molar-refractivity contribution in [3.05, 3.63) is 52.8 Å². The first kappa shape index (κ1) is 20.6. The number of anilines is 1. The average Bonchev–Trinajstić information content (AvgIpc) is 2.74. The lowest BCUT2D eigenvalue weighted by Crippen LogP contribution is -2.50. The number of benzene rings is 2. The van der Waals surface area contributed by atoms with Crippen LogP contribution in [0.15, 0.2) is 41.3 Å². The first-order chi connectivity index (χ1) is 14.3. The average molecular weight is 454 g/mol. The maximum Gasteiger partial charge on any atom is 0.262 e. The van der Waals surface area contributed by atoms with Crippen LogP contribution in [0.1, 0.15) is 10.4 Å². The molecule has 2 aromatic carbocycles. The molecule has 2 aliphatic heterocycles. The van der Waals surface area contributed by atoms with Gasteiger partial charge in [-0.25, -0.2) is 12.8 Å². The zero-order valence-electron chi connectivity index (χ0n) is 15.6. The molecule has 4 rings (SSSR count). The predicted octanol–water partition coefficient (Wildman–Crippen LogP) is 1.96. The number of piperazine rings is 1. The van der Waals surface area contributed by atoms with Crippen LogP contribution in [0.5, 0.6) is 5.75 Å². The van der Waals surface area contributed by atoms with E-state index in [4.69, 9.17) is 16.3 Å². The Bertz CT molecular complexity index is 1130. The van der Waals surface area contributed by atoms with E-state index in [1.807, 2.05) is 0 Å². The smallest absolute Gasteiger partial charge is 0.262 e. The fraction of sp³-hybridized carbons (Fsp3) is 0.263. The van der Waals surface area contributed by atoms with Gasteiger partial charge in [0.25, 0.3) is 11.8 Å². The molecule has 1 N–H and O–H groups in total. The number of nitrogens with one attached hydrogen (secondary N) is 1. The molecule has 2 aliphatic rings. The first-order valence-electron chi connectivity index (χ1n) is 9.07. The third kappa shape index (κ3) is 3.85. The Labute approximate surface area is 177 Å². The molecule has 0 saturated carbocycles. The maximum absolute atomic E-state index is 13.3. The number of sulfonamides is 1. The zero-order valence-corrected chi connectivity index (χ0v) is 17.2. The van der Waals surface area contributed by atoms with Gasteiger partial charge in [-0.05, 0) is 36.4 Å². The van der Waals surface area contributed by atoms with E-state index in [2.05, 4.69) is 5.32 Å². The van der Waals surface area contributed by atoms with Crippen LogP contribution in [-0.2, 0) is 14.8 Å². The summed E-state index contributed by atoms with van der Waals surface area (Å²) >= 11 is 5.74. The molecular weight excluding hydrogens is 437 g/mol. The standard InChI is InChI=1S/C19H17ClFN3O5S/c20-14-9-12(1-3-15(14)21)19(26)23-5-7-24(8-6-23)30(27,28)13-2-4-17-16(10-13)22-18(25)11-29-17/h1-4,9-10H,5-8,11H2,(H,22,25). The van der Waals surface area contributed by atoms with Gasteiger partial charge >= 0.3 is 0 Å². The molecule has 2 aromatic rings. The highest BCUT2D eigenvalue weighted by Gasteiger charge is 2.31. The van der Waals surface area contributed by atoms with Gasteiger partial charge in [0.05, 0.1) is 15.6 Å². The van der Waals surface area contributed by atoms with Gasteiger partial charge in [0.2, 0.25) is 10.0 Å². The molecule has 0 aliphatic carbocycles. The SMILES string of the molecule is O=C1COc2ccc(S(=O)(=O)N3CCN(C(=O)c4ccc(F)c(Cl)c4)CC3)cc2N1. The van der Waals surface area contributed by atoms with Crippen molar-refractivity contribution in [2.24, 2.45) is 0 Å². The second-order valence-electron chi connectivity index (χ2n) is 6.82. The zero-order chi connectivity index (χ0) is 21.5. The molecule has 0 spiro atoms. The molecule has 0 atom stereocenters. The molecule has 0 aromatic heterocycles. The van der Waals surface area contributed by atoms with Gasteiger partial charge in [-0.2, -0.15) is 4.31 Å². The minimum atomic E-state index is -3.82. The van der Waals surface area contributed by atoms with Gasteiger partial charge in [-0.3, -0.25) is 9.59 Å². The minimum Gasteiger partial charge on any atom is -0.482 e. The number of halogens is 2. The number of hydrogen-bond acceptors (Lipinski definition) is 5. The molecule has 1 fully saturated rings. The number of ether oxygens (including phenoxy) is 1. The normalized spacial score (nSPS) is 17.1. The fourth-order valence-electron chi connectivity index (χ4n) is 3.32. The number of carbonyl (C=O) groups excluding carboxylic acids is 2. The summed E-state index contributed by atoms with van der Waals surface area (Å²) in [4.78, 5) is 25.6. The summed E-state index contributed by atoms with van der Waals surface area (Å²) in [5, 5.41) is 2.44. The second kappa shape index (κ2) is 7.86. The van der Waals surface area contributed by atoms with E-state index in [1.165, 1.54) is 39.5 Å². The van der Waals surface area contributed by atoms with E-state index in [0.717, 1.165) is 6.07 Å². The summed E-state index contributed by atoms with van der Waals surface area (Å²) in [7, 11) is -3.82. The summed E-state index contributed by atoms with van der Waals surface area (Å²) < 4.78 is 45.8. The molecule has 11 heteroatoms. The summed E-state index contributed by atoms with van der Waals surface area (Å²) in [6.45, 7) is 0.440. The Morgan fingerprint density at radius 1 is 1.10 bits per heavy atom. The third-order valence-corrected chi connectivity index (χ3v) is 7.10. The summed E-state index contributed by atoms with van der Waals surface area (Å²) in [6.07, 6.45) is 0. The number of rotatable bonds is 3. The van der Waals surface area contributed by atoms with E-state index in [1.54, 1.807) is 0 Å². The predicted molar refractivity (Wildman–Crippen MR) is 107 cm³/mol. The molecule has 158 valence electrons. The monoisotopic (exact) mass is 453 g/mol. The Hall–Kier alpha value is -2.69. The van der Waals surface area contributed by atoms with Crippen LogP contribution in [0.2, 0.25) is 5.02 Å². The Balaban J connectivity index is 1.47. The van der Waals surface area contributed by atoms with Crippen LogP contribution in [0, 0.1) is 5.82 Å². The molecule has 2 amide bonds. The van der Waals surface area contributed by atoms with Crippen molar-refractivity contribution < 1.29 is 27.1 Å². The van der Waals surface area contributed by atoms with Crippen molar-refractivity contribution in [3.8, 4) is 5.75 Å². The van der Waals surface area contributed by atoms with Crippen LogP contribution in [-0.4, -0.2) is 62.2 Å². The van der Waals surface area contributed by atoms with Gasteiger partial charge in [-0.15, -0.1) is 0 Å². The fourth-order valence-corrected chi connectivity index (χ4v) is 4.94. The van der Waals surface area contributed by atoms with E-state index < -0.39 is 15.8 Å². The van der Waals surface area contributed by atoms with E-state index in [0.29, 0.717) is 11.4 Å². The van der Waals surface area contributed by atoms with Gasteiger partial charge < -0.3 is 15.0 Å². The van der Waals surface area contributed by atoms with Crippen LogP contribution < -0.4 is 10.1 Å². The number of carbonyl (C=O) groups is 2. The quantitative estimate of drug-likeness (QED) is 0.766. The molecule has 2 heterocycles. The van der Waals surface area contributed by atoms with Crippen LogP contribution in [0.4, 0.5) is 10.1 Å². The van der Waals surface area contributed by atoms with Crippen molar-refractivity contribution >= 4 is 39.1 Å². The molecule has 0 unspecified atom stereocenters. The van der Waals surface area contributed by atoms with Crippen LogP contribution in [0.3, 0.4) is 0 Å². The van der Waals surface area contributed by atoms with Crippen molar-refractivity contribution in [1.82, 2.24) is 9.21 Å². The van der Waals surface area contributed by atoms with E-state index >= 15 is 0 Å². The minimum absolute atomic E-state index is 0.0251. The maximum atomic E-state index is 13.3. The van der Waals surface area contributed by atoms with Crippen LogP contribution >= 0.6 is 11.6 Å². The molecule has 30 heavy (non-hydrogen) atoms. The lowest BCUT2D eigenvalue weighted by Gasteiger charge is -2.34. The van der Waals surface area contributed by atoms with Crippen molar-refractivity contribution in [2.75, 3.05) is 38.1 Å². The van der Waals surface area contributed by atoms with Crippen molar-refractivity contribution in [1.29, 1.82) is 0 Å². The van der Waals surface area contributed by atoms with Gasteiger partial charge in [0.1, 0.15) is 11.6 Å². The van der Waals surface area contributed by atoms with E-state index in [-0.39, 0.29) is 60.1 Å². The Kier molecular flexibility index (Phi) is 5.39. The number of nitrogens with zero attached hydrogens (tertiary/aromatic N) is 2. The molecule has 1 saturated heterocycles. The molecule has 0 bridgehead atoms. The highest BCUT2D eigenvalue weighted by atomic mass is 35.5. The largest absolute Gasteiger partial charge is 0.482 e. The van der Waals surface area contributed by atoms with Crippen molar-refractivity contribution in [3.63, 3.8) is 0 Å². The molecule has 0 radical (unpaired) electrons. The molecular formula is C19H17ClFN3O5S. The number of amides is 2. The van der Waals surface area contributed by atoms with E-state index in [9.17, 15) is 22.4 Å². The number of hydrogen-bond donors (Lipinski definition) is 1. The third-order valence-electron chi connectivity index (χ3n) is 4.91. The van der Waals surface area contributed by atoms with Crippen molar-refractivity contribution in [2.45, 2.75) is 4.90 Å². The highest BCUT2D eigenvalue weighted by molar-refractivity contribution is 7.89. The summed E-state index contributed by atoms with van der Waals surface area (Å²) in [5.74, 6) is -0.912. The Morgan fingerprint density at radius 2 is 1.83 bits per heavy atom. The number of fused-ring (bicyclic) bond motifs is 1. The first-order valence-corrected chi connectivity index (χ1v) is 10.9. The topological polar surface area (TPSA) is 96.0 Å². The molecule has 8 nitrogen and oxygen atoms in total. The lowest BCUT2D eigenvalue weighted by molar-refractivity contribution is -0.118.